The molecule has 8 heteroatoms. The molecule has 1 fully saturated rings. The van der Waals surface area contributed by atoms with Crippen molar-refractivity contribution < 1.29 is 19.2 Å². The van der Waals surface area contributed by atoms with Gasteiger partial charge in [-0.05, 0) is 42.7 Å². The molecule has 1 aromatic heterocycles. The van der Waals surface area contributed by atoms with Crippen LogP contribution in [-0.4, -0.2) is 58.7 Å². The van der Waals surface area contributed by atoms with Crippen LogP contribution in [0.4, 0.5) is 0 Å². The number of nitrogens with zero attached hydrogens (tertiary/aromatic N) is 4. The second kappa shape index (κ2) is 6.64. The van der Waals surface area contributed by atoms with Gasteiger partial charge in [-0.1, -0.05) is 4.85 Å². The minimum Gasteiger partial charge on any atom is -0.465 e. The maximum absolute atomic E-state index is 12.1. The molecule has 122 valence electrons. The van der Waals surface area contributed by atoms with Crippen molar-refractivity contribution >= 4 is 22.9 Å². The highest BCUT2D eigenvalue weighted by molar-refractivity contribution is 5.93. The second-order valence-electron chi connectivity index (χ2n) is 5.37. The molecule has 0 spiro atoms. The lowest BCUT2D eigenvalue weighted by Crippen LogP contribution is -2.40. The Labute approximate surface area is 132 Å². The zero-order valence-corrected chi connectivity index (χ0v) is 12.9. The van der Waals surface area contributed by atoms with Crippen LogP contribution in [0.15, 0.2) is 18.2 Å². The number of amides is 1. The first-order chi connectivity index (χ1) is 11.2. The zero-order chi connectivity index (χ0) is 16.2. The Morgan fingerprint density at radius 1 is 1.22 bits per heavy atom. The van der Waals surface area contributed by atoms with Crippen LogP contribution >= 0.6 is 0 Å². The predicted octanol–water partition coefficient (Wildman–Crippen LogP) is 0.659. The number of hydrogen-bond acceptors (Lipinski definition) is 6. The number of likely N-dealkylation sites (tertiary alicyclic amines) is 1. The highest BCUT2D eigenvalue weighted by atomic mass is 16.7. The van der Waals surface area contributed by atoms with Crippen LogP contribution in [0.1, 0.15) is 29.6 Å². The normalized spacial score (nSPS) is 14.7. The average molecular weight is 318 g/mol. The molecular weight excluding hydrogens is 300 g/mol. The van der Waals surface area contributed by atoms with Gasteiger partial charge in [0.1, 0.15) is 11.0 Å². The monoisotopic (exact) mass is 318 g/mol. The summed E-state index contributed by atoms with van der Waals surface area (Å²) in [6, 6.07) is 4.83. The molecule has 1 aliphatic rings. The Morgan fingerprint density at radius 2 is 2.00 bits per heavy atom. The van der Waals surface area contributed by atoms with E-state index in [-0.39, 0.29) is 12.5 Å². The van der Waals surface area contributed by atoms with Crippen molar-refractivity contribution in [3.05, 3.63) is 23.8 Å². The van der Waals surface area contributed by atoms with Gasteiger partial charge in [0, 0.05) is 13.1 Å². The fourth-order valence-electron chi connectivity index (χ4n) is 2.59. The number of rotatable bonds is 4. The third kappa shape index (κ3) is 3.25. The standard InChI is InChI=1S/C15H18N4O4/c1-22-15(21)11-5-6-12-13(9-11)19(17-16-12)23-10-14(20)18-7-3-2-4-8-18/h5-6,9H,2-4,7-8,10H2,1H3. The smallest absolute Gasteiger partial charge is 0.337 e. The largest absolute Gasteiger partial charge is 0.465 e. The molecule has 2 heterocycles. The Morgan fingerprint density at radius 3 is 2.74 bits per heavy atom. The van der Waals surface area contributed by atoms with Crippen LogP contribution in [-0.2, 0) is 9.53 Å². The summed E-state index contributed by atoms with van der Waals surface area (Å²) in [5.41, 5.74) is 1.46. The quantitative estimate of drug-likeness (QED) is 0.770. The summed E-state index contributed by atoms with van der Waals surface area (Å²) >= 11 is 0. The number of aromatic nitrogens is 3. The summed E-state index contributed by atoms with van der Waals surface area (Å²) in [7, 11) is 1.32. The van der Waals surface area contributed by atoms with Crippen LogP contribution in [0.2, 0.25) is 0 Å². The number of piperidine rings is 1. The summed E-state index contributed by atoms with van der Waals surface area (Å²) in [6.45, 7) is 1.43. The highest BCUT2D eigenvalue weighted by Crippen LogP contribution is 2.14. The molecular formula is C15H18N4O4. The first-order valence-electron chi connectivity index (χ1n) is 7.54. The summed E-state index contributed by atoms with van der Waals surface area (Å²) in [4.78, 5) is 32.1. The van der Waals surface area contributed by atoms with Crippen molar-refractivity contribution in [1.82, 2.24) is 20.1 Å². The van der Waals surface area contributed by atoms with Crippen LogP contribution in [0.3, 0.4) is 0 Å². The van der Waals surface area contributed by atoms with Gasteiger partial charge in [-0.25, -0.2) is 4.79 Å². The van der Waals surface area contributed by atoms with E-state index in [0.29, 0.717) is 16.6 Å². The SMILES string of the molecule is COC(=O)c1ccc2nnn(OCC(=O)N3CCCCC3)c2c1. The van der Waals surface area contributed by atoms with Crippen molar-refractivity contribution in [2.45, 2.75) is 19.3 Å². The van der Waals surface area contributed by atoms with E-state index < -0.39 is 5.97 Å². The van der Waals surface area contributed by atoms with Gasteiger partial charge in [0.15, 0.2) is 6.61 Å². The molecule has 2 aromatic rings. The Kier molecular flexibility index (Phi) is 4.40. The van der Waals surface area contributed by atoms with Gasteiger partial charge in [-0.15, -0.1) is 5.10 Å². The third-order valence-corrected chi connectivity index (χ3v) is 3.86. The van der Waals surface area contributed by atoms with Crippen molar-refractivity contribution in [2.24, 2.45) is 0 Å². The van der Waals surface area contributed by atoms with Crippen molar-refractivity contribution in [3.63, 3.8) is 0 Å². The van der Waals surface area contributed by atoms with Gasteiger partial charge < -0.3 is 14.5 Å². The average Bonchev–Trinajstić information content (AvgIpc) is 3.02. The Hall–Kier alpha value is -2.64. The second-order valence-corrected chi connectivity index (χ2v) is 5.37. The molecule has 3 rings (SSSR count). The van der Waals surface area contributed by atoms with Gasteiger partial charge in [0.05, 0.1) is 12.7 Å². The van der Waals surface area contributed by atoms with Crippen molar-refractivity contribution in [3.8, 4) is 0 Å². The number of benzene rings is 1. The van der Waals surface area contributed by atoms with E-state index in [2.05, 4.69) is 15.0 Å². The number of ether oxygens (including phenoxy) is 1. The lowest BCUT2D eigenvalue weighted by atomic mass is 10.1. The van der Waals surface area contributed by atoms with Crippen LogP contribution in [0.25, 0.3) is 11.0 Å². The van der Waals surface area contributed by atoms with E-state index in [4.69, 9.17) is 4.84 Å². The lowest BCUT2D eigenvalue weighted by molar-refractivity contribution is -0.137. The molecule has 1 amide bonds. The summed E-state index contributed by atoms with van der Waals surface area (Å²) in [6.07, 6.45) is 3.22. The van der Waals surface area contributed by atoms with E-state index in [1.54, 1.807) is 23.1 Å². The molecule has 0 saturated carbocycles. The zero-order valence-electron chi connectivity index (χ0n) is 12.9. The molecule has 0 bridgehead atoms. The molecule has 0 aliphatic carbocycles. The number of methoxy groups -OCH3 is 1. The number of esters is 1. The predicted molar refractivity (Wildman–Crippen MR) is 80.7 cm³/mol. The van der Waals surface area contributed by atoms with Crippen LogP contribution in [0.5, 0.6) is 0 Å². The number of carbonyl (C=O) groups is 2. The first kappa shape index (κ1) is 15.3. The third-order valence-electron chi connectivity index (χ3n) is 3.86. The number of hydrogen-bond donors (Lipinski definition) is 0. The van der Waals surface area contributed by atoms with Gasteiger partial charge >= 0.3 is 5.97 Å². The van der Waals surface area contributed by atoms with Crippen molar-refractivity contribution in [1.29, 1.82) is 0 Å². The van der Waals surface area contributed by atoms with Gasteiger partial charge in [0.25, 0.3) is 5.91 Å². The van der Waals surface area contributed by atoms with Gasteiger partial charge in [0.2, 0.25) is 0 Å². The molecule has 1 aliphatic heterocycles. The molecule has 1 saturated heterocycles. The first-order valence-corrected chi connectivity index (χ1v) is 7.54. The van der Waals surface area contributed by atoms with Gasteiger partial charge in [-0.3, -0.25) is 4.79 Å². The van der Waals surface area contributed by atoms with E-state index in [1.165, 1.54) is 12.0 Å². The highest BCUT2D eigenvalue weighted by Gasteiger charge is 2.18. The lowest BCUT2D eigenvalue weighted by Gasteiger charge is -2.26. The van der Waals surface area contributed by atoms with E-state index in [9.17, 15) is 9.59 Å². The molecule has 0 radical (unpaired) electrons. The fourth-order valence-corrected chi connectivity index (χ4v) is 2.59. The number of fused-ring (bicyclic) bond motifs is 1. The topological polar surface area (TPSA) is 86.5 Å². The van der Waals surface area contributed by atoms with Crippen molar-refractivity contribution in [2.75, 3.05) is 26.8 Å². The molecule has 0 N–H and O–H groups in total. The molecule has 0 atom stereocenters. The summed E-state index contributed by atoms with van der Waals surface area (Å²) in [5, 5.41) is 7.81. The fraction of sp³-hybridized carbons (Fsp3) is 0.467. The Bertz CT molecular complexity index is 721. The van der Waals surface area contributed by atoms with Crippen LogP contribution in [0, 0.1) is 0 Å². The summed E-state index contributed by atoms with van der Waals surface area (Å²) in [5.74, 6) is -0.526. The Balaban J connectivity index is 1.72. The molecule has 0 unspecified atom stereocenters. The maximum Gasteiger partial charge on any atom is 0.337 e. The number of carbonyl (C=O) groups excluding carboxylic acids is 2. The molecule has 23 heavy (non-hydrogen) atoms. The van der Waals surface area contributed by atoms with E-state index >= 15 is 0 Å². The molecule has 1 aromatic carbocycles. The van der Waals surface area contributed by atoms with Gasteiger partial charge in [-0.2, -0.15) is 0 Å². The van der Waals surface area contributed by atoms with E-state index in [1.807, 2.05) is 0 Å². The minimum absolute atomic E-state index is 0.0718. The minimum atomic E-state index is -0.455. The van der Waals surface area contributed by atoms with E-state index in [0.717, 1.165) is 32.4 Å². The van der Waals surface area contributed by atoms with Crippen LogP contribution < -0.4 is 4.84 Å². The molecule has 8 nitrogen and oxygen atoms in total. The summed E-state index contributed by atoms with van der Waals surface area (Å²) < 4.78 is 4.69. The maximum atomic E-state index is 12.1.